The second-order valence-electron chi connectivity index (χ2n) is 5.32. The van der Waals surface area contributed by atoms with Crippen LogP contribution in [0, 0.1) is 11.7 Å². The average molecular weight is 384 g/mol. The highest BCUT2D eigenvalue weighted by Gasteiger charge is 2.42. The molecule has 1 aromatic carbocycles. The fourth-order valence-electron chi connectivity index (χ4n) is 2.12. The highest BCUT2D eigenvalue weighted by atomic mass is 35.5. The zero-order valence-electron chi connectivity index (χ0n) is 12.7. The summed E-state index contributed by atoms with van der Waals surface area (Å²) in [5.41, 5.74) is 0.732. The van der Waals surface area contributed by atoms with Crippen molar-refractivity contribution < 1.29 is 35.8 Å². The Morgan fingerprint density at radius 3 is 1.96 bits per heavy atom. The molecule has 0 amide bonds. The number of nitrogens with two attached hydrogens (primary N) is 1. The molecule has 0 spiro atoms. The topological polar surface area (TPSA) is 46.2 Å². The van der Waals surface area contributed by atoms with Crippen molar-refractivity contribution in [2.24, 2.45) is 11.7 Å². The Morgan fingerprint density at radius 2 is 1.58 bits per heavy atom. The number of benzene rings is 1. The summed E-state index contributed by atoms with van der Waals surface area (Å²) < 4.78 is 90.8. The second kappa shape index (κ2) is 7.88. The fourth-order valence-corrected chi connectivity index (χ4v) is 2.12. The molecule has 10 heteroatoms. The molecule has 0 saturated carbocycles. The summed E-state index contributed by atoms with van der Waals surface area (Å²) in [6.45, 7) is 3.12. The van der Waals surface area contributed by atoms with E-state index in [0.717, 1.165) is 0 Å². The first-order chi connectivity index (χ1) is 10.3. The molecule has 0 bridgehead atoms. The Morgan fingerprint density at radius 1 is 1.08 bits per heavy atom. The Labute approximate surface area is 140 Å². The zero-order valence-corrected chi connectivity index (χ0v) is 13.5. The first kappa shape index (κ1) is 22.9. The van der Waals surface area contributed by atoms with E-state index >= 15 is 0 Å². The van der Waals surface area contributed by atoms with Gasteiger partial charge in [0, 0.05) is 5.56 Å². The molecule has 0 fully saturated rings. The lowest BCUT2D eigenvalue weighted by Gasteiger charge is -2.27. The van der Waals surface area contributed by atoms with E-state index in [4.69, 9.17) is 5.73 Å². The highest BCUT2D eigenvalue weighted by molar-refractivity contribution is 5.85. The van der Waals surface area contributed by atoms with Gasteiger partial charge in [0.05, 0.1) is 23.3 Å². The van der Waals surface area contributed by atoms with Crippen LogP contribution in [0.25, 0.3) is 0 Å². The van der Waals surface area contributed by atoms with E-state index in [-0.39, 0.29) is 24.5 Å². The van der Waals surface area contributed by atoms with Gasteiger partial charge in [-0.1, -0.05) is 20.3 Å². The third-order valence-corrected chi connectivity index (χ3v) is 3.69. The molecule has 1 aromatic rings. The minimum atomic E-state index is -5.25. The number of aliphatic hydroxyl groups is 1. The van der Waals surface area contributed by atoms with Crippen molar-refractivity contribution in [2.75, 3.05) is 0 Å². The summed E-state index contributed by atoms with van der Waals surface area (Å²) in [5.74, 6) is -2.31. The third kappa shape index (κ3) is 4.97. The van der Waals surface area contributed by atoms with E-state index in [1.54, 1.807) is 6.92 Å². The fraction of sp³-hybridized carbons (Fsp3) is 0.571. The number of rotatable bonds is 4. The van der Waals surface area contributed by atoms with Crippen LogP contribution in [0.15, 0.2) is 12.1 Å². The molecule has 0 radical (unpaired) electrons. The molecule has 3 N–H and O–H groups in total. The Bertz CT molecular complexity index is 559. The van der Waals surface area contributed by atoms with E-state index in [1.807, 2.05) is 0 Å². The third-order valence-electron chi connectivity index (χ3n) is 3.69. The van der Waals surface area contributed by atoms with E-state index in [1.165, 1.54) is 6.92 Å². The van der Waals surface area contributed by atoms with Gasteiger partial charge >= 0.3 is 12.4 Å². The summed E-state index contributed by atoms with van der Waals surface area (Å²) in [6, 6.07) is -2.04. The molecule has 0 aliphatic rings. The zero-order chi connectivity index (χ0) is 18.2. The van der Waals surface area contributed by atoms with E-state index in [9.17, 15) is 35.8 Å². The molecule has 1 rings (SSSR count). The molecule has 0 aliphatic carbocycles. The summed E-state index contributed by atoms with van der Waals surface area (Å²) in [6.07, 6.45) is -11.6. The van der Waals surface area contributed by atoms with Gasteiger partial charge in [0.1, 0.15) is 5.82 Å². The van der Waals surface area contributed by atoms with Crippen LogP contribution in [0.4, 0.5) is 30.7 Å². The van der Waals surface area contributed by atoms with Gasteiger partial charge in [-0.15, -0.1) is 12.4 Å². The average Bonchev–Trinajstić information content (AvgIpc) is 2.42. The lowest BCUT2D eigenvalue weighted by atomic mass is 9.88. The molecule has 0 aliphatic heterocycles. The van der Waals surface area contributed by atoms with Crippen molar-refractivity contribution in [1.82, 2.24) is 0 Å². The number of halogens is 8. The van der Waals surface area contributed by atoms with Gasteiger partial charge in [0.15, 0.2) is 0 Å². The quantitative estimate of drug-likeness (QED) is 0.741. The minimum absolute atomic E-state index is 0. The standard InChI is InChI=1S/C14H16F7NO.ClH/c1-3-6(2)12(23)11(22)10-8(14(19,20)21)4-7(5-9(10)15)13(16,17)18;/h4-6,11-12,23H,3,22H2,1-2H3;1H/t6?,11-,12+;/m0./s1. The molecule has 3 atom stereocenters. The van der Waals surface area contributed by atoms with Gasteiger partial charge in [0.2, 0.25) is 0 Å². The van der Waals surface area contributed by atoms with Gasteiger partial charge in [-0.25, -0.2) is 4.39 Å². The summed E-state index contributed by atoms with van der Waals surface area (Å²) in [4.78, 5) is 0. The number of hydrogen-bond acceptors (Lipinski definition) is 2. The van der Waals surface area contributed by atoms with Gasteiger partial charge in [-0.2, -0.15) is 26.3 Å². The second-order valence-corrected chi connectivity index (χ2v) is 5.32. The maximum absolute atomic E-state index is 14.0. The van der Waals surface area contributed by atoms with Crippen LogP contribution in [0.2, 0.25) is 0 Å². The molecule has 24 heavy (non-hydrogen) atoms. The highest BCUT2D eigenvalue weighted by Crippen LogP contribution is 2.41. The van der Waals surface area contributed by atoms with Crippen LogP contribution in [-0.2, 0) is 12.4 Å². The maximum Gasteiger partial charge on any atom is 0.416 e. The first-order valence-corrected chi connectivity index (χ1v) is 6.72. The normalized spacial score (nSPS) is 16.3. The van der Waals surface area contributed by atoms with Crippen molar-refractivity contribution >= 4 is 12.4 Å². The van der Waals surface area contributed by atoms with Crippen molar-refractivity contribution in [2.45, 2.75) is 44.8 Å². The predicted molar refractivity (Wildman–Crippen MR) is 76.0 cm³/mol. The molecule has 2 nitrogen and oxygen atoms in total. The van der Waals surface area contributed by atoms with Gasteiger partial charge in [-0.05, 0) is 18.1 Å². The molecule has 0 aromatic heterocycles. The van der Waals surface area contributed by atoms with E-state index < -0.39 is 52.9 Å². The Kier molecular flexibility index (Phi) is 7.53. The van der Waals surface area contributed by atoms with Crippen molar-refractivity contribution in [3.63, 3.8) is 0 Å². The molecule has 0 saturated heterocycles. The molecule has 140 valence electrons. The predicted octanol–water partition coefficient (Wildman–Crippen LogP) is 4.69. The lowest BCUT2D eigenvalue weighted by Crippen LogP contribution is -2.34. The van der Waals surface area contributed by atoms with Crippen LogP contribution < -0.4 is 5.73 Å². The number of aliphatic hydroxyl groups excluding tert-OH is 1. The Balaban J connectivity index is 0.00000529. The number of hydrogen-bond donors (Lipinski definition) is 2. The lowest BCUT2D eigenvalue weighted by molar-refractivity contribution is -0.144. The minimum Gasteiger partial charge on any atom is -0.391 e. The summed E-state index contributed by atoms with van der Waals surface area (Å²) in [7, 11) is 0. The monoisotopic (exact) mass is 383 g/mol. The first-order valence-electron chi connectivity index (χ1n) is 6.72. The van der Waals surface area contributed by atoms with Crippen LogP contribution in [0.5, 0.6) is 0 Å². The largest absolute Gasteiger partial charge is 0.416 e. The maximum atomic E-state index is 14.0. The molecular weight excluding hydrogens is 367 g/mol. The van der Waals surface area contributed by atoms with Crippen molar-refractivity contribution in [3.8, 4) is 0 Å². The van der Waals surface area contributed by atoms with Crippen LogP contribution in [0.3, 0.4) is 0 Å². The van der Waals surface area contributed by atoms with E-state index in [2.05, 4.69) is 0 Å². The SMILES string of the molecule is CCC(C)[C@@H](O)[C@@H](N)c1c(F)cc(C(F)(F)F)cc1C(F)(F)F.Cl. The Hall–Kier alpha value is -1.06. The van der Waals surface area contributed by atoms with Gasteiger partial charge in [0.25, 0.3) is 0 Å². The molecule has 1 unspecified atom stereocenters. The van der Waals surface area contributed by atoms with Crippen LogP contribution in [0.1, 0.15) is 43.0 Å². The number of alkyl halides is 6. The summed E-state index contributed by atoms with van der Waals surface area (Å²) in [5, 5.41) is 9.90. The van der Waals surface area contributed by atoms with Crippen molar-refractivity contribution in [1.29, 1.82) is 0 Å². The summed E-state index contributed by atoms with van der Waals surface area (Å²) >= 11 is 0. The smallest absolute Gasteiger partial charge is 0.391 e. The molecular formula is C14H17ClF7NO. The van der Waals surface area contributed by atoms with Crippen molar-refractivity contribution in [3.05, 3.63) is 34.6 Å². The molecule has 0 heterocycles. The van der Waals surface area contributed by atoms with Gasteiger partial charge in [-0.3, -0.25) is 0 Å². The van der Waals surface area contributed by atoms with Gasteiger partial charge < -0.3 is 10.8 Å². The van der Waals surface area contributed by atoms with Crippen LogP contribution in [-0.4, -0.2) is 11.2 Å². The van der Waals surface area contributed by atoms with Crippen LogP contribution >= 0.6 is 12.4 Å². The van der Waals surface area contributed by atoms with E-state index in [0.29, 0.717) is 6.42 Å².